The molecule has 1 unspecified atom stereocenters. The summed E-state index contributed by atoms with van der Waals surface area (Å²) in [6.45, 7) is 4.62. The lowest BCUT2D eigenvalue weighted by Crippen LogP contribution is -2.40. The third kappa shape index (κ3) is 6.59. The van der Waals surface area contributed by atoms with Gasteiger partial charge >= 0.3 is 12.1 Å². The lowest BCUT2D eigenvalue weighted by atomic mass is 9.98. The van der Waals surface area contributed by atoms with E-state index in [2.05, 4.69) is 34.9 Å². The minimum atomic E-state index is -1.00. The van der Waals surface area contributed by atoms with E-state index >= 15 is 0 Å². The minimum Gasteiger partial charge on any atom is -0.480 e. The molecular formula is C27H34N2O5. The molecule has 182 valence electrons. The number of benzene rings is 2. The average Bonchev–Trinajstić information content (AvgIpc) is 3.15. The van der Waals surface area contributed by atoms with Crippen molar-refractivity contribution in [3.05, 3.63) is 59.7 Å². The van der Waals surface area contributed by atoms with E-state index in [-0.39, 0.29) is 30.8 Å². The molecule has 0 aliphatic heterocycles. The van der Waals surface area contributed by atoms with Gasteiger partial charge in [0, 0.05) is 18.9 Å². The van der Waals surface area contributed by atoms with Crippen LogP contribution in [0.15, 0.2) is 48.5 Å². The van der Waals surface area contributed by atoms with E-state index in [1.54, 1.807) is 0 Å². The summed E-state index contributed by atoms with van der Waals surface area (Å²) in [7, 11) is 0. The molecule has 0 saturated heterocycles. The summed E-state index contributed by atoms with van der Waals surface area (Å²) in [5.74, 6) is -1.03. The maximum Gasteiger partial charge on any atom is 0.407 e. The minimum absolute atomic E-state index is 0.0259. The first kappa shape index (κ1) is 25.3. The normalized spacial score (nSPS) is 13.9. The molecule has 0 fully saturated rings. The zero-order valence-corrected chi connectivity index (χ0v) is 19.9. The number of alkyl carbamates (subject to hydrolysis) is 1. The standard InChI is InChI=1S/C27H34N2O5/c1-3-8-24(26(31)32)29-25(30)14-13-18(2)15-16-28-27(33)34-17-23-21-11-6-4-9-19(21)20-10-5-7-12-22(20)23/h4-7,9-12,18,23-24H,3,8,13-17H2,1-2H3,(H,28,33)(H,29,30)(H,31,32)/t18?,24-/m0/s1. The van der Waals surface area contributed by atoms with Gasteiger partial charge in [-0.25, -0.2) is 9.59 Å². The van der Waals surface area contributed by atoms with Gasteiger partial charge in [0.25, 0.3) is 0 Å². The van der Waals surface area contributed by atoms with Crippen molar-refractivity contribution >= 4 is 18.0 Å². The summed E-state index contributed by atoms with van der Waals surface area (Å²) in [6, 6.07) is 15.6. The predicted octanol–water partition coefficient (Wildman–Crippen LogP) is 4.70. The fourth-order valence-electron chi connectivity index (χ4n) is 4.40. The summed E-state index contributed by atoms with van der Waals surface area (Å²) in [4.78, 5) is 35.5. The first-order valence-electron chi connectivity index (χ1n) is 12.0. The second-order valence-electron chi connectivity index (χ2n) is 8.93. The van der Waals surface area contributed by atoms with Crippen molar-refractivity contribution in [3.8, 4) is 11.1 Å². The van der Waals surface area contributed by atoms with Gasteiger partial charge in [-0.15, -0.1) is 0 Å². The number of carboxylic acid groups (broad SMARTS) is 1. The molecule has 2 atom stereocenters. The molecule has 34 heavy (non-hydrogen) atoms. The first-order chi connectivity index (χ1) is 16.4. The van der Waals surface area contributed by atoms with Crippen LogP contribution in [0.4, 0.5) is 4.79 Å². The van der Waals surface area contributed by atoms with Gasteiger partial charge in [-0.05, 0) is 47.4 Å². The number of fused-ring (bicyclic) bond motifs is 3. The number of ether oxygens (including phenoxy) is 1. The molecule has 0 aromatic heterocycles. The van der Waals surface area contributed by atoms with E-state index < -0.39 is 18.1 Å². The molecule has 2 aromatic carbocycles. The highest BCUT2D eigenvalue weighted by molar-refractivity contribution is 5.83. The molecule has 7 nitrogen and oxygen atoms in total. The highest BCUT2D eigenvalue weighted by atomic mass is 16.5. The van der Waals surface area contributed by atoms with E-state index in [1.807, 2.05) is 38.1 Å². The molecule has 0 spiro atoms. The molecular weight excluding hydrogens is 432 g/mol. The Morgan fingerprint density at radius 3 is 2.18 bits per heavy atom. The van der Waals surface area contributed by atoms with Gasteiger partial charge in [-0.1, -0.05) is 68.8 Å². The van der Waals surface area contributed by atoms with Crippen LogP contribution in [-0.4, -0.2) is 42.3 Å². The topological polar surface area (TPSA) is 105 Å². The molecule has 1 aliphatic carbocycles. The lowest BCUT2D eigenvalue weighted by molar-refractivity contribution is -0.142. The Hall–Kier alpha value is -3.35. The van der Waals surface area contributed by atoms with Crippen LogP contribution in [0.3, 0.4) is 0 Å². The Morgan fingerprint density at radius 2 is 1.59 bits per heavy atom. The van der Waals surface area contributed by atoms with Crippen LogP contribution >= 0.6 is 0 Å². The largest absolute Gasteiger partial charge is 0.480 e. The van der Waals surface area contributed by atoms with E-state index in [9.17, 15) is 14.4 Å². The fraction of sp³-hybridized carbons (Fsp3) is 0.444. The summed E-state index contributed by atoms with van der Waals surface area (Å²) >= 11 is 0. The molecule has 3 N–H and O–H groups in total. The van der Waals surface area contributed by atoms with Crippen molar-refractivity contribution in [2.24, 2.45) is 5.92 Å². The Balaban J connectivity index is 1.37. The zero-order valence-electron chi connectivity index (χ0n) is 19.9. The van der Waals surface area contributed by atoms with E-state index in [1.165, 1.54) is 22.3 Å². The van der Waals surface area contributed by atoms with Crippen LogP contribution in [0, 0.1) is 5.92 Å². The summed E-state index contributed by atoms with van der Waals surface area (Å²) in [6.07, 6.45) is 2.25. The molecule has 2 amide bonds. The van der Waals surface area contributed by atoms with Crippen molar-refractivity contribution in [3.63, 3.8) is 0 Å². The molecule has 0 saturated carbocycles. The predicted molar refractivity (Wildman–Crippen MR) is 131 cm³/mol. The zero-order chi connectivity index (χ0) is 24.5. The van der Waals surface area contributed by atoms with Crippen molar-refractivity contribution in [1.82, 2.24) is 10.6 Å². The van der Waals surface area contributed by atoms with Gasteiger partial charge in [-0.3, -0.25) is 4.79 Å². The third-order valence-corrected chi connectivity index (χ3v) is 6.33. The lowest BCUT2D eigenvalue weighted by Gasteiger charge is -2.16. The van der Waals surface area contributed by atoms with Crippen LogP contribution < -0.4 is 10.6 Å². The Labute approximate surface area is 200 Å². The number of hydrogen-bond donors (Lipinski definition) is 3. The Bertz CT molecular complexity index is 961. The quantitative estimate of drug-likeness (QED) is 0.421. The number of aliphatic carboxylic acids is 1. The maximum atomic E-state index is 12.3. The van der Waals surface area contributed by atoms with Crippen molar-refractivity contribution in [1.29, 1.82) is 0 Å². The number of nitrogens with one attached hydrogen (secondary N) is 2. The van der Waals surface area contributed by atoms with Crippen molar-refractivity contribution in [2.75, 3.05) is 13.2 Å². The van der Waals surface area contributed by atoms with Crippen LogP contribution in [0.25, 0.3) is 11.1 Å². The second-order valence-corrected chi connectivity index (χ2v) is 8.93. The van der Waals surface area contributed by atoms with Crippen molar-refractivity contribution < 1.29 is 24.2 Å². The molecule has 7 heteroatoms. The highest BCUT2D eigenvalue weighted by Crippen LogP contribution is 2.44. The van der Waals surface area contributed by atoms with Gasteiger partial charge < -0.3 is 20.5 Å². The number of amides is 2. The van der Waals surface area contributed by atoms with E-state index in [0.29, 0.717) is 32.2 Å². The summed E-state index contributed by atoms with van der Waals surface area (Å²) < 4.78 is 5.54. The Kier molecular flexibility index (Phi) is 9.08. The SMILES string of the molecule is CCC[C@H](NC(=O)CCC(C)CCNC(=O)OCC1c2ccccc2-c2ccccc21)C(=O)O. The van der Waals surface area contributed by atoms with E-state index in [0.717, 1.165) is 0 Å². The number of carbonyl (C=O) groups is 3. The van der Waals surface area contributed by atoms with Crippen LogP contribution in [0.2, 0.25) is 0 Å². The summed E-state index contributed by atoms with van der Waals surface area (Å²) in [5.41, 5.74) is 4.73. The van der Waals surface area contributed by atoms with Gasteiger partial charge in [0.05, 0.1) is 0 Å². The molecule has 0 heterocycles. The smallest absolute Gasteiger partial charge is 0.407 e. The fourth-order valence-corrected chi connectivity index (χ4v) is 4.40. The second kappa shape index (κ2) is 12.2. The number of carbonyl (C=O) groups excluding carboxylic acids is 2. The molecule has 0 radical (unpaired) electrons. The van der Waals surface area contributed by atoms with Crippen LogP contribution in [0.1, 0.15) is 63.0 Å². The van der Waals surface area contributed by atoms with Gasteiger partial charge in [0.15, 0.2) is 0 Å². The monoisotopic (exact) mass is 466 g/mol. The third-order valence-electron chi connectivity index (χ3n) is 6.33. The maximum absolute atomic E-state index is 12.3. The van der Waals surface area contributed by atoms with Crippen LogP contribution in [-0.2, 0) is 14.3 Å². The number of hydrogen-bond acceptors (Lipinski definition) is 4. The Morgan fingerprint density at radius 1 is 0.971 bits per heavy atom. The number of carboxylic acids is 1. The molecule has 2 aromatic rings. The average molecular weight is 467 g/mol. The summed E-state index contributed by atoms with van der Waals surface area (Å²) in [5, 5.41) is 14.5. The van der Waals surface area contributed by atoms with Crippen molar-refractivity contribution in [2.45, 2.75) is 57.9 Å². The number of rotatable bonds is 12. The van der Waals surface area contributed by atoms with Crippen LogP contribution in [0.5, 0.6) is 0 Å². The molecule has 0 bridgehead atoms. The highest BCUT2D eigenvalue weighted by Gasteiger charge is 2.29. The van der Waals surface area contributed by atoms with Gasteiger partial charge in [0.1, 0.15) is 12.6 Å². The molecule has 3 rings (SSSR count). The first-order valence-corrected chi connectivity index (χ1v) is 12.0. The van der Waals surface area contributed by atoms with Gasteiger partial charge in [0.2, 0.25) is 5.91 Å². The molecule has 1 aliphatic rings. The van der Waals surface area contributed by atoms with Gasteiger partial charge in [-0.2, -0.15) is 0 Å². The van der Waals surface area contributed by atoms with E-state index in [4.69, 9.17) is 9.84 Å².